The van der Waals surface area contributed by atoms with E-state index >= 15 is 0 Å². The second kappa shape index (κ2) is 5.28. The van der Waals surface area contributed by atoms with Crippen LogP contribution >= 0.6 is 0 Å². The number of amides is 1. The molecule has 22 heavy (non-hydrogen) atoms. The molecule has 0 unspecified atom stereocenters. The van der Waals surface area contributed by atoms with Crippen molar-refractivity contribution < 1.29 is 14.1 Å². The van der Waals surface area contributed by atoms with Crippen LogP contribution < -0.4 is 5.43 Å². The van der Waals surface area contributed by atoms with Crippen molar-refractivity contribution >= 4 is 23.4 Å². The summed E-state index contributed by atoms with van der Waals surface area (Å²) in [6.07, 6.45) is 1.56. The molecule has 0 aliphatic carbocycles. The van der Waals surface area contributed by atoms with Crippen LogP contribution in [0.1, 0.15) is 12.7 Å². The number of nitro benzene ring substituents is 1. The molecule has 110 valence electrons. The predicted octanol–water partition coefficient (Wildman–Crippen LogP) is 2.74. The van der Waals surface area contributed by atoms with Crippen LogP contribution in [0.2, 0.25) is 0 Å². The zero-order valence-electron chi connectivity index (χ0n) is 11.6. The fourth-order valence-electron chi connectivity index (χ4n) is 2.15. The maximum atomic E-state index is 11.6. The van der Waals surface area contributed by atoms with E-state index in [1.54, 1.807) is 43.3 Å². The lowest BCUT2D eigenvalue weighted by molar-refractivity contribution is -0.384. The highest BCUT2D eigenvalue weighted by Gasteiger charge is 2.20. The van der Waals surface area contributed by atoms with E-state index in [0.29, 0.717) is 28.4 Å². The topological polar surface area (TPSA) is 97.7 Å². The molecule has 1 aliphatic rings. The zero-order valence-corrected chi connectivity index (χ0v) is 11.6. The molecule has 1 aromatic heterocycles. The molecule has 2 aromatic rings. The molecule has 0 spiro atoms. The SMILES string of the molecule is CC1=NNC(=O)C1=Cc1ccc(-c2ccccc2[N+](=O)[O-])o1. The lowest BCUT2D eigenvalue weighted by Crippen LogP contribution is -2.12. The van der Waals surface area contributed by atoms with Crippen LogP contribution in [-0.2, 0) is 4.79 Å². The standard InChI is InChI=1S/C15H11N3O4/c1-9-12(15(19)17-16-9)8-10-6-7-14(22-10)11-4-2-3-5-13(11)18(20)21/h2-8H,1H3,(H,17,19). The number of nitrogens with one attached hydrogen (secondary N) is 1. The monoisotopic (exact) mass is 297 g/mol. The van der Waals surface area contributed by atoms with Gasteiger partial charge < -0.3 is 4.42 Å². The molecule has 1 aliphatic heterocycles. The number of carbonyl (C=O) groups is 1. The Kier molecular flexibility index (Phi) is 3.30. The minimum Gasteiger partial charge on any atom is -0.456 e. The van der Waals surface area contributed by atoms with E-state index in [9.17, 15) is 14.9 Å². The minimum absolute atomic E-state index is 0.0348. The first-order valence-electron chi connectivity index (χ1n) is 6.46. The Hall–Kier alpha value is -3.22. The number of carbonyl (C=O) groups excluding carboxylic acids is 1. The van der Waals surface area contributed by atoms with Gasteiger partial charge in [-0.3, -0.25) is 14.9 Å². The van der Waals surface area contributed by atoms with Gasteiger partial charge in [0.1, 0.15) is 11.5 Å². The van der Waals surface area contributed by atoms with E-state index in [0.717, 1.165) is 0 Å². The average Bonchev–Trinajstić information content (AvgIpc) is 3.09. The smallest absolute Gasteiger partial charge is 0.280 e. The molecule has 0 fully saturated rings. The van der Waals surface area contributed by atoms with Gasteiger partial charge in [-0.2, -0.15) is 5.10 Å². The molecular weight excluding hydrogens is 286 g/mol. The molecule has 0 radical (unpaired) electrons. The lowest BCUT2D eigenvalue weighted by atomic mass is 10.1. The number of rotatable bonds is 3. The summed E-state index contributed by atoms with van der Waals surface area (Å²) >= 11 is 0. The van der Waals surface area contributed by atoms with Gasteiger partial charge in [0.05, 0.1) is 21.8 Å². The highest BCUT2D eigenvalue weighted by atomic mass is 16.6. The number of benzene rings is 1. The van der Waals surface area contributed by atoms with Crippen molar-refractivity contribution in [3.63, 3.8) is 0 Å². The predicted molar refractivity (Wildman–Crippen MR) is 80.0 cm³/mol. The quantitative estimate of drug-likeness (QED) is 0.535. The van der Waals surface area contributed by atoms with E-state index in [1.807, 2.05) is 0 Å². The lowest BCUT2D eigenvalue weighted by Gasteiger charge is -1.99. The molecule has 7 heteroatoms. The summed E-state index contributed by atoms with van der Waals surface area (Å²) in [5, 5.41) is 14.9. The van der Waals surface area contributed by atoms with Crippen molar-refractivity contribution in [3.8, 4) is 11.3 Å². The highest BCUT2D eigenvalue weighted by Crippen LogP contribution is 2.31. The van der Waals surface area contributed by atoms with Gasteiger partial charge in [-0.05, 0) is 31.2 Å². The van der Waals surface area contributed by atoms with Gasteiger partial charge in [-0.15, -0.1) is 0 Å². The first-order chi connectivity index (χ1) is 10.6. The third kappa shape index (κ3) is 2.39. The molecule has 0 saturated carbocycles. The van der Waals surface area contributed by atoms with Gasteiger partial charge >= 0.3 is 0 Å². The maximum absolute atomic E-state index is 11.6. The number of hydrazone groups is 1. The van der Waals surface area contributed by atoms with E-state index in [-0.39, 0.29) is 11.6 Å². The molecule has 1 amide bonds. The van der Waals surface area contributed by atoms with Crippen LogP contribution in [0.15, 0.2) is 51.5 Å². The first kappa shape index (κ1) is 13.7. The van der Waals surface area contributed by atoms with Crippen LogP contribution in [0.5, 0.6) is 0 Å². The Morgan fingerprint density at radius 3 is 2.73 bits per heavy atom. The summed E-state index contributed by atoms with van der Waals surface area (Å²) in [5.74, 6) is 0.489. The Bertz CT molecular complexity index is 833. The van der Waals surface area contributed by atoms with Gasteiger partial charge in [0, 0.05) is 6.07 Å². The van der Waals surface area contributed by atoms with Crippen molar-refractivity contribution in [3.05, 3.63) is 57.8 Å². The fraction of sp³-hybridized carbons (Fsp3) is 0.0667. The Morgan fingerprint density at radius 2 is 2.05 bits per heavy atom. The third-order valence-corrected chi connectivity index (χ3v) is 3.24. The molecular formula is C15H11N3O4. The summed E-state index contributed by atoms with van der Waals surface area (Å²) in [4.78, 5) is 22.2. The minimum atomic E-state index is -0.461. The molecule has 3 rings (SSSR count). The van der Waals surface area contributed by atoms with E-state index in [2.05, 4.69) is 10.5 Å². The third-order valence-electron chi connectivity index (χ3n) is 3.24. The molecule has 1 N–H and O–H groups in total. The van der Waals surface area contributed by atoms with Gasteiger partial charge in [-0.25, -0.2) is 5.43 Å². The van der Waals surface area contributed by atoms with Crippen LogP contribution in [0.4, 0.5) is 5.69 Å². The summed E-state index contributed by atoms with van der Waals surface area (Å²) in [7, 11) is 0. The van der Waals surface area contributed by atoms with Crippen molar-refractivity contribution in [2.24, 2.45) is 5.10 Å². The molecule has 1 aromatic carbocycles. The molecule has 0 bridgehead atoms. The Morgan fingerprint density at radius 1 is 1.27 bits per heavy atom. The number of nitro groups is 1. The van der Waals surface area contributed by atoms with E-state index < -0.39 is 4.92 Å². The van der Waals surface area contributed by atoms with Crippen molar-refractivity contribution in [2.45, 2.75) is 6.92 Å². The van der Waals surface area contributed by atoms with Crippen LogP contribution in [0.3, 0.4) is 0 Å². The normalized spacial score (nSPS) is 15.8. The van der Waals surface area contributed by atoms with E-state index in [4.69, 9.17) is 4.42 Å². The highest BCUT2D eigenvalue weighted by molar-refractivity contribution is 6.26. The second-order valence-electron chi connectivity index (χ2n) is 4.67. The van der Waals surface area contributed by atoms with Gasteiger partial charge in [0.25, 0.3) is 11.6 Å². The van der Waals surface area contributed by atoms with Gasteiger partial charge in [-0.1, -0.05) is 12.1 Å². The van der Waals surface area contributed by atoms with Crippen LogP contribution in [-0.4, -0.2) is 16.5 Å². The van der Waals surface area contributed by atoms with Crippen LogP contribution in [0.25, 0.3) is 17.4 Å². The van der Waals surface area contributed by atoms with Crippen molar-refractivity contribution in [2.75, 3.05) is 0 Å². The number of nitrogens with zero attached hydrogens (tertiary/aromatic N) is 2. The average molecular weight is 297 g/mol. The van der Waals surface area contributed by atoms with Gasteiger partial charge in [0.15, 0.2) is 0 Å². The first-order valence-corrected chi connectivity index (χ1v) is 6.46. The molecule has 0 saturated heterocycles. The summed E-state index contributed by atoms with van der Waals surface area (Å²) in [6.45, 7) is 1.70. The van der Waals surface area contributed by atoms with E-state index in [1.165, 1.54) is 6.07 Å². The second-order valence-corrected chi connectivity index (χ2v) is 4.67. The molecule has 0 atom stereocenters. The molecule has 7 nitrogen and oxygen atoms in total. The number of hydrogen-bond donors (Lipinski definition) is 1. The van der Waals surface area contributed by atoms with Gasteiger partial charge in [0.2, 0.25) is 0 Å². The number of hydrogen-bond acceptors (Lipinski definition) is 5. The Balaban J connectivity index is 1.99. The van der Waals surface area contributed by atoms with Crippen LogP contribution in [0, 0.1) is 10.1 Å². The maximum Gasteiger partial charge on any atom is 0.280 e. The summed E-state index contributed by atoms with van der Waals surface area (Å²) in [5.41, 5.74) is 3.67. The van der Waals surface area contributed by atoms with Crippen molar-refractivity contribution in [1.82, 2.24) is 5.43 Å². The molecule has 2 heterocycles. The number of furan rings is 1. The van der Waals surface area contributed by atoms with Crippen molar-refractivity contribution in [1.29, 1.82) is 0 Å². The zero-order chi connectivity index (χ0) is 15.7. The Labute approximate surface area is 125 Å². The fourth-order valence-corrected chi connectivity index (χ4v) is 2.15. The summed E-state index contributed by atoms with van der Waals surface area (Å²) < 4.78 is 5.60. The summed E-state index contributed by atoms with van der Waals surface area (Å²) in [6, 6.07) is 9.60. The largest absolute Gasteiger partial charge is 0.456 e. The number of para-hydroxylation sites is 1.